The number of aromatic hydroxyl groups is 1. The van der Waals surface area contributed by atoms with Crippen LogP contribution in [0, 0.1) is 13.8 Å². The largest absolute Gasteiger partial charge is 0.506 e. The van der Waals surface area contributed by atoms with E-state index in [0.717, 1.165) is 25.1 Å². The van der Waals surface area contributed by atoms with Gasteiger partial charge >= 0.3 is 5.97 Å². The molecule has 0 bridgehead atoms. The molecule has 0 saturated heterocycles. The molecule has 0 unspecified atom stereocenters. The molecule has 0 heterocycles. The predicted molar refractivity (Wildman–Crippen MR) is 133 cm³/mol. The molecule has 5 heteroatoms. The van der Waals surface area contributed by atoms with Gasteiger partial charge in [0.1, 0.15) is 11.4 Å². The standard InChI is InChI=1S/C27H30O3S2/c1-18-6-11-21(12-7-18)31-23-16-20(10-15-25(28)30-27(3,4)5)17-24(26(23)29)32-22-13-8-19(2)9-14-22/h6-9,11-14,16-17,29H,10,15H2,1-5H3. The first-order chi connectivity index (χ1) is 15.1. The summed E-state index contributed by atoms with van der Waals surface area (Å²) in [5.74, 6) is 0.0493. The molecule has 0 aromatic heterocycles. The molecule has 0 fully saturated rings. The third kappa shape index (κ3) is 7.35. The summed E-state index contributed by atoms with van der Waals surface area (Å²) in [6.07, 6.45) is 0.851. The summed E-state index contributed by atoms with van der Waals surface area (Å²) in [5.41, 5.74) is 2.89. The average molecular weight is 467 g/mol. The van der Waals surface area contributed by atoms with Gasteiger partial charge in [0.15, 0.2) is 0 Å². The zero-order valence-corrected chi connectivity index (χ0v) is 20.9. The molecule has 168 valence electrons. The zero-order valence-electron chi connectivity index (χ0n) is 19.3. The number of carbonyl (C=O) groups is 1. The summed E-state index contributed by atoms with van der Waals surface area (Å²) in [4.78, 5) is 15.9. The second kappa shape index (κ2) is 10.5. The van der Waals surface area contributed by atoms with E-state index in [4.69, 9.17) is 4.74 Å². The van der Waals surface area contributed by atoms with Crippen LogP contribution >= 0.6 is 23.5 Å². The smallest absolute Gasteiger partial charge is 0.306 e. The molecule has 0 spiro atoms. The second-order valence-corrected chi connectivity index (χ2v) is 11.1. The van der Waals surface area contributed by atoms with Crippen LogP contribution in [0.25, 0.3) is 0 Å². The number of ether oxygens (including phenoxy) is 1. The Bertz CT molecular complexity index is 997. The molecular weight excluding hydrogens is 436 g/mol. The Morgan fingerprint density at radius 3 is 1.69 bits per heavy atom. The van der Waals surface area contributed by atoms with Crippen LogP contribution in [0.3, 0.4) is 0 Å². The Hall–Kier alpha value is -2.37. The topological polar surface area (TPSA) is 46.5 Å². The van der Waals surface area contributed by atoms with E-state index in [0.29, 0.717) is 12.8 Å². The maximum Gasteiger partial charge on any atom is 0.306 e. The normalized spacial score (nSPS) is 11.4. The van der Waals surface area contributed by atoms with Crippen LogP contribution in [0.1, 0.15) is 43.9 Å². The molecule has 0 radical (unpaired) electrons. The van der Waals surface area contributed by atoms with Crippen molar-refractivity contribution >= 4 is 29.5 Å². The molecule has 3 aromatic rings. The summed E-state index contributed by atoms with van der Waals surface area (Å²) >= 11 is 3.06. The molecule has 3 rings (SSSR count). The van der Waals surface area contributed by atoms with Crippen LogP contribution in [-0.4, -0.2) is 16.7 Å². The van der Waals surface area contributed by atoms with Crippen molar-refractivity contribution in [3.8, 4) is 5.75 Å². The number of phenolic OH excluding ortho intramolecular Hbond substituents is 1. The van der Waals surface area contributed by atoms with Crippen molar-refractivity contribution in [2.75, 3.05) is 0 Å². The third-order valence-corrected chi connectivity index (χ3v) is 6.71. The van der Waals surface area contributed by atoms with Gasteiger partial charge in [0.2, 0.25) is 0 Å². The van der Waals surface area contributed by atoms with Gasteiger partial charge in [-0.2, -0.15) is 0 Å². The van der Waals surface area contributed by atoms with Crippen LogP contribution in [0.2, 0.25) is 0 Å². The number of hydrogen-bond acceptors (Lipinski definition) is 5. The highest BCUT2D eigenvalue weighted by Crippen LogP contribution is 2.43. The van der Waals surface area contributed by atoms with E-state index >= 15 is 0 Å². The van der Waals surface area contributed by atoms with Crippen LogP contribution in [0.5, 0.6) is 5.75 Å². The highest BCUT2D eigenvalue weighted by Gasteiger charge is 2.18. The van der Waals surface area contributed by atoms with Gasteiger partial charge < -0.3 is 9.84 Å². The van der Waals surface area contributed by atoms with Crippen LogP contribution in [0.4, 0.5) is 0 Å². The van der Waals surface area contributed by atoms with Gasteiger partial charge in [-0.1, -0.05) is 58.9 Å². The SMILES string of the molecule is Cc1ccc(Sc2cc(CCC(=O)OC(C)(C)C)cc(Sc3ccc(C)cc3)c2O)cc1. The summed E-state index contributed by atoms with van der Waals surface area (Å²) < 4.78 is 5.46. The molecule has 0 aliphatic rings. The van der Waals surface area contributed by atoms with Gasteiger partial charge in [-0.05, 0) is 83.0 Å². The average Bonchev–Trinajstić information content (AvgIpc) is 2.71. The highest BCUT2D eigenvalue weighted by molar-refractivity contribution is 8.00. The molecule has 0 aliphatic carbocycles. The van der Waals surface area contributed by atoms with E-state index in [-0.39, 0.29) is 11.7 Å². The second-order valence-electron chi connectivity index (χ2n) is 8.86. The van der Waals surface area contributed by atoms with E-state index in [1.165, 1.54) is 34.7 Å². The molecule has 32 heavy (non-hydrogen) atoms. The Morgan fingerprint density at radius 1 is 0.844 bits per heavy atom. The maximum atomic E-state index is 12.2. The summed E-state index contributed by atoms with van der Waals surface area (Å²) in [6, 6.07) is 20.4. The highest BCUT2D eigenvalue weighted by atomic mass is 32.2. The van der Waals surface area contributed by atoms with E-state index in [1.807, 2.05) is 32.9 Å². The van der Waals surface area contributed by atoms with Crippen LogP contribution < -0.4 is 0 Å². The van der Waals surface area contributed by atoms with Crippen LogP contribution in [-0.2, 0) is 16.0 Å². The Balaban J connectivity index is 1.88. The lowest BCUT2D eigenvalue weighted by atomic mass is 10.1. The van der Waals surface area contributed by atoms with Gasteiger partial charge in [-0.15, -0.1) is 0 Å². The van der Waals surface area contributed by atoms with Crippen molar-refractivity contribution in [2.45, 2.75) is 72.6 Å². The number of phenols is 1. The van der Waals surface area contributed by atoms with Gasteiger partial charge in [0.25, 0.3) is 0 Å². The third-order valence-electron chi connectivity index (χ3n) is 4.64. The fraction of sp³-hybridized carbons (Fsp3) is 0.296. The van der Waals surface area contributed by atoms with Gasteiger partial charge in [-0.3, -0.25) is 4.79 Å². The summed E-state index contributed by atoms with van der Waals surface area (Å²) in [7, 11) is 0. The number of benzene rings is 3. The fourth-order valence-electron chi connectivity index (χ4n) is 3.04. The molecule has 0 atom stereocenters. The quantitative estimate of drug-likeness (QED) is 0.364. The lowest BCUT2D eigenvalue weighted by Gasteiger charge is -2.19. The van der Waals surface area contributed by atoms with Crippen molar-refractivity contribution in [1.82, 2.24) is 0 Å². The molecule has 1 N–H and O–H groups in total. The van der Waals surface area contributed by atoms with E-state index in [1.54, 1.807) is 0 Å². The minimum absolute atomic E-state index is 0.217. The molecule has 0 amide bonds. The van der Waals surface area contributed by atoms with Gasteiger partial charge in [0, 0.05) is 16.2 Å². The molecule has 3 aromatic carbocycles. The van der Waals surface area contributed by atoms with Crippen molar-refractivity contribution < 1.29 is 14.6 Å². The van der Waals surface area contributed by atoms with E-state index < -0.39 is 5.60 Å². The van der Waals surface area contributed by atoms with Crippen LogP contribution in [0.15, 0.2) is 80.2 Å². The summed E-state index contributed by atoms with van der Waals surface area (Å²) in [5, 5.41) is 11.0. The molecular formula is C27H30O3S2. The van der Waals surface area contributed by atoms with Crippen molar-refractivity contribution in [2.24, 2.45) is 0 Å². The zero-order chi connectivity index (χ0) is 23.3. The van der Waals surface area contributed by atoms with Crippen molar-refractivity contribution in [1.29, 1.82) is 0 Å². The van der Waals surface area contributed by atoms with Crippen molar-refractivity contribution in [3.05, 3.63) is 77.4 Å². The molecule has 0 saturated carbocycles. The first-order valence-corrected chi connectivity index (χ1v) is 12.3. The maximum absolute atomic E-state index is 12.2. The Labute approximate surface area is 199 Å². The number of aryl methyl sites for hydroxylation is 3. The lowest BCUT2D eigenvalue weighted by molar-refractivity contribution is -0.154. The first kappa shape index (κ1) is 24.3. The number of hydrogen-bond donors (Lipinski definition) is 1. The van der Waals surface area contributed by atoms with Crippen molar-refractivity contribution in [3.63, 3.8) is 0 Å². The summed E-state index contributed by atoms with van der Waals surface area (Å²) in [6.45, 7) is 9.73. The minimum atomic E-state index is -0.495. The minimum Gasteiger partial charge on any atom is -0.506 e. The monoisotopic (exact) mass is 466 g/mol. The lowest BCUT2D eigenvalue weighted by Crippen LogP contribution is -2.24. The van der Waals surface area contributed by atoms with E-state index in [9.17, 15) is 9.90 Å². The van der Waals surface area contributed by atoms with Gasteiger partial charge in [0.05, 0.1) is 9.79 Å². The Kier molecular flexibility index (Phi) is 7.96. The Morgan fingerprint density at radius 2 is 1.28 bits per heavy atom. The predicted octanol–water partition coefficient (Wildman–Crippen LogP) is 7.59. The number of carbonyl (C=O) groups excluding carboxylic acids is 1. The molecule has 0 aliphatic heterocycles. The van der Waals surface area contributed by atoms with Gasteiger partial charge in [-0.25, -0.2) is 0 Å². The number of rotatable bonds is 7. The first-order valence-electron chi connectivity index (χ1n) is 10.7. The fourth-order valence-corrected chi connectivity index (χ4v) is 4.99. The number of esters is 1. The van der Waals surface area contributed by atoms with E-state index in [2.05, 4.69) is 62.4 Å². The molecule has 3 nitrogen and oxygen atoms in total.